The molecule has 8 heteroatoms. The van der Waals surface area contributed by atoms with Gasteiger partial charge >= 0.3 is 11.0 Å². The number of anilines is 1. The van der Waals surface area contributed by atoms with Crippen LogP contribution in [0.4, 0.5) is 10.1 Å². The van der Waals surface area contributed by atoms with Gasteiger partial charge < -0.3 is 10.0 Å². The Labute approximate surface area is 101 Å². The summed E-state index contributed by atoms with van der Waals surface area (Å²) in [6, 6.07) is 0. The minimum Gasteiger partial charge on any atom is -0.480 e. The van der Waals surface area contributed by atoms with E-state index in [-0.39, 0.29) is 5.00 Å². The van der Waals surface area contributed by atoms with Crippen molar-refractivity contribution in [2.24, 2.45) is 0 Å². The van der Waals surface area contributed by atoms with Crippen molar-refractivity contribution in [1.29, 1.82) is 0 Å². The number of hydrogen-bond donors (Lipinski definition) is 1. The van der Waals surface area contributed by atoms with Crippen LogP contribution in [0.15, 0.2) is 6.20 Å². The number of carbonyl (C=O) groups is 1. The minimum atomic E-state index is -1.01. The number of hydrogen-bond acceptors (Lipinski definition) is 6. The summed E-state index contributed by atoms with van der Waals surface area (Å²) in [6.45, 7) is 2.18. The Balaban J connectivity index is 2.32. The lowest BCUT2D eigenvalue weighted by Gasteiger charge is -2.30. The monoisotopic (exact) mass is 257 g/mol. The van der Waals surface area contributed by atoms with Crippen LogP contribution in [0.1, 0.15) is 19.8 Å². The van der Waals surface area contributed by atoms with E-state index in [9.17, 15) is 20.0 Å². The molecule has 1 aliphatic rings. The highest BCUT2D eigenvalue weighted by molar-refractivity contribution is 7.18. The van der Waals surface area contributed by atoms with Crippen LogP contribution >= 0.6 is 11.3 Å². The molecule has 1 N–H and O–H groups in total. The van der Waals surface area contributed by atoms with Gasteiger partial charge in [0.25, 0.3) is 0 Å². The third-order valence-corrected chi connectivity index (χ3v) is 3.97. The minimum absolute atomic E-state index is 0.0698. The molecule has 1 fully saturated rings. The number of nitro groups is 1. The van der Waals surface area contributed by atoms with Crippen molar-refractivity contribution in [3.63, 3.8) is 0 Å². The van der Waals surface area contributed by atoms with Crippen molar-refractivity contribution in [2.45, 2.75) is 25.3 Å². The third-order valence-electron chi connectivity index (χ3n) is 2.99. The summed E-state index contributed by atoms with van der Waals surface area (Å²) in [5, 5.41) is 20.1. The Hall–Kier alpha value is -1.70. The molecule has 0 radical (unpaired) electrons. The average molecular weight is 257 g/mol. The Morgan fingerprint density at radius 1 is 1.76 bits per heavy atom. The zero-order valence-corrected chi connectivity index (χ0v) is 9.94. The molecule has 0 amide bonds. The summed E-state index contributed by atoms with van der Waals surface area (Å²) in [4.78, 5) is 26.9. The van der Waals surface area contributed by atoms with Gasteiger partial charge in [0.05, 0.1) is 4.92 Å². The summed E-state index contributed by atoms with van der Waals surface area (Å²) in [6.07, 6.45) is 2.44. The molecule has 0 bridgehead atoms. The molecule has 1 saturated heterocycles. The molecule has 0 saturated carbocycles. The fourth-order valence-corrected chi connectivity index (χ4v) is 2.83. The highest BCUT2D eigenvalue weighted by atomic mass is 32.1. The smallest absolute Gasteiger partial charge is 0.345 e. The van der Waals surface area contributed by atoms with Gasteiger partial charge in [0.15, 0.2) is 5.13 Å². The highest BCUT2D eigenvalue weighted by Crippen LogP contribution is 2.38. The molecule has 1 aromatic rings. The summed E-state index contributed by atoms with van der Waals surface area (Å²) in [7, 11) is 0. The second-order valence-electron chi connectivity index (χ2n) is 4.07. The van der Waals surface area contributed by atoms with E-state index < -0.39 is 16.4 Å². The molecule has 2 rings (SSSR count). The Morgan fingerprint density at radius 3 is 3.00 bits per heavy atom. The van der Waals surface area contributed by atoms with Crippen LogP contribution in [0.2, 0.25) is 0 Å². The standard InChI is InChI=1S/C9H11N3O4S/c1-9(7(13)14)3-2-4-11(9)8-10-5-6(17-8)12(15)16/h5H,2-4H2,1H3,(H,13,14). The van der Waals surface area contributed by atoms with Crippen molar-refractivity contribution in [1.82, 2.24) is 4.98 Å². The van der Waals surface area contributed by atoms with Crippen LogP contribution in [0.3, 0.4) is 0 Å². The molecule has 1 atom stereocenters. The van der Waals surface area contributed by atoms with E-state index in [2.05, 4.69) is 4.98 Å². The van der Waals surface area contributed by atoms with Crippen molar-refractivity contribution >= 4 is 27.4 Å². The second-order valence-corrected chi connectivity index (χ2v) is 5.06. The average Bonchev–Trinajstić information content (AvgIpc) is 2.83. The topological polar surface area (TPSA) is 96.6 Å². The van der Waals surface area contributed by atoms with E-state index in [0.29, 0.717) is 18.1 Å². The zero-order chi connectivity index (χ0) is 12.6. The summed E-state index contributed by atoms with van der Waals surface area (Å²) < 4.78 is 0. The van der Waals surface area contributed by atoms with Gasteiger partial charge in [-0.2, -0.15) is 0 Å². The highest BCUT2D eigenvalue weighted by Gasteiger charge is 2.45. The number of aliphatic carboxylic acids is 1. The molecule has 1 aliphatic heterocycles. The molecular formula is C9H11N3O4S. The zero-order valence-electron chi connectivity index (χ0n) is 9.12. The Morgan fingerprint density at radius 2 is 2.47 bits per heavy atom. The Bertz CT molecular complexity index is 475. The summed E-state index contributed by atoms with van der Waals surface area (Å²) in [5.41, 5.74) is -1.01. The summed E-state index contributed by atoms with van der Waals surface area (Å²) in [5.74, 6) is -0.923. The lowest BCUT2D eigenvalue weighted by molar-refractivity contribution is -0.380. The third kappa shape index (κ3) is 1.84. The SMILES string of the molecule is CC1(C(=O)O)CCCN1c1ncc([N+](=O)[O-])s1. The maximum absolute atomic E-state index is 11.2. The first-order valence-electron chi connectivity index (χ1n) is 5.06. The largest absolute Gasteiger partial charge is 0.480 e. The van der Waals surface area contributed by atoms with E-state index >= 15 is 0 Å². The van der Waals surface area contributed by atoms with Gasteiger partial charge in [0, 0.05) is 6.54 Å². The number of nitrogens with zero attached hydrogens (tertiary/aromatic N) is 3. The molecule has 7 nitrogen and oxygen atoms in total. The molecule has 0 aromatic carbocycles. The van der Waals surface area contributed by atoms with Crippen molar-refractivity contribution in [2.75, 3.05) is 11.4 Å². The van der Waals surface area contributed by atoms with Crippen LogP contribution in [-0.4, -0.2) is 33.1 Å². The number of carboxylic acid groups (broad SMARTS) is 1. The van der Waals surface area contributed by atoms with Crippen LogP contribution in [0.5, 0.6) is 0 Å². The van der Waals surface area contributed by atoms with Gasteiger partial charge in [-0.25, -0.2) is 9.78 Å². The predicted molar refractivity (Wildman–Crippen MR) is 61.4 cm³/mol. The molecular weight excluding hydrogens is 246 g/mol. The Kier molecular flexibility index (Phi) is 2.74. The summed E-state index contributed by atoms with van der Waals surface area (Å²) >= 11 is 0.910. The van der Waals surface area contributed by atoms with Crippen LogP contribution < -0.4 is 4.90 Å². The first kappa shape index (κ1) is 11.8. The molecule has 1 unspecified atom stereocenters. The molecule has 92 valence electrons. The van der Waals surface area contributed by atoms with Gasteiger partial charge in [0.2, 0.25) is 0 Å². The van der Waals surface area contributed by atoms with E-state index in [1.807, 2.05) is 0 Å². The van der Waals surface area contributed by atoms with Gasteiger partial charge in [-0.15, -0.1) is 0 Å². The van der Waals surface area contributed by atoms with E-state index in [0.717, 1.165) is 17.8 Å². The van der Waals surface area contributed by atoms with Gasteiger partial charge in [-0.05, 0) is 31.1 Å². The van der Waals surface area contributed by atoms with Crippen molar-refractivity contribution in [3.05, 3.63) is 16.3 Å². The maximum Gasteiger partial charge on any atom is 0.345 e. The number of aromatic nitrogens is 1. The lowest BCUT2D eigenvalue weighted by Crippen LogP contribution is -2.48. The second kappa shape index (κ2) is 3.95. The number of thiazole rings is 1. The molecule has 1 aromatic heterocycles. The van der Waals surface area contributed by atoms with Crippen molar-refractivity contribution < 1.29 is 14.8 Å². The molecule has 2 heterocycles. The van der Waals surface area contributed by atoms with Gasteiger partial charge in [-0.3, -0.25) is 10.1 Å². The predicted octanol–water partition coefficient (Wildman–Crippen LogP) is 1.49. The molecule has 17 heavy (non-hydrogen) atoms. The molecule has 0 spiro atoms. The number of carboxylic acids is 1. The fraction of sp³-hybridized carbons (Fsp3) is 0.556. The van der Waals surface area contributed by atoms with Gasteiger partial charge in [0.1, 0.15) is 11.7 Å². The molecule has 0 aliphatic carbocycles. The van der Waals surface area contributed by atoms with Gasteiger partial charge in [-0.1, -0.05) is 0 Å². The van der Waals surface area contributed by atoms with Crippen LogP contribution in [-0.2, 0) is 4.79 Å². The first-order valence-corrected chi connectivity index (χ1v) is 5.88. The lowest BCUT2D eigenvalue weighted by atomic mass is 10.00. The van der Waals surface area contributed by atoms with E-state index in [4.69, 9.17) is 0 Å². The number of rotatable bonds is 3. The maximum atomic E-state index is 11.2. The van der Waals surface area contributed by atoms with Crippen molar-refractivity contribution in [3.8, 4) is 0 Å². The van der Waals surface area contributed by atoms with Crippen LogP contribution in [0, 0.1) is 10.1 Å². The normalized spacial score (nSPS) is 23.9. The fourth-order valence-electron chi connectivity index (χ4n) is 1.96. The van der Waals surface area contributed by atoms with E-state index in [1.54, 1.807) is 11.8 Å². The quantitative estimate of drug-likeness (QED) is 0.651. The first-order chi connectivity index (χ1) is 7.95. The van der Waals surface area contributed by atoms with E-state index in [1.165, 1.54) is 6.20 Å². The van der Waals surface area contributed by atoms with Crippen LogP contribution in [0.25, 0.3) is 0 Å².